The predicted octanol–water partition coefficient (Wildman–Crippen LogP) is 2.54. The van der Waals surface area contributed by atoms with Crippen molar-refractivity contribution in [3.63, 3.8) is 0 Å². The van der Waals surface area contributed by atoms with Crippen molar-refractivity contribution in [2.75, 3.05) is 0 Å². The Hall–Kier alpha value is -1.75. The summed E-state index contributed by atoms with van der Waals surface area (Å²) in [5.74, 6) is -1.19. The Balaban J connectivity index is 2.46. The number of aryl methyl sites for hydroxylation is 2. The van der Waals surface area contributed by atoms with Crippen LogP contribution in [-0.4, -0.2) is 9.78 Å². The number of aromatic nitrogens is 2. The van der Waals surface area contributed by atoms with Gasteiger partial charge in [-0.05, 0) is 31.5 Å². The molecule has 2 N–H and O–H groups in total. The lowest BCUT2D eigenvalue weighted by Crippen LogP contribution is -2.18. The van der Waals surface area contributed by atoms with Crippen LogP contribution >= 0.6 is 0 Å². The topological polar surface area (TPSA) is 43.8 Å². The molecule has 2 rings (SSSR count). The molecule has 2 aromatic rings. The van der Waals surface area contributed by atoms with Gasteiger partial charge in [-0.15, -0.1) is 0 Å². The first kappa shape index (κ1) is 12.7. The maximum absolute atomic E-state index is 13.8. The lowest BCUT2D eigenvalue weighted by molar-refractivity contribution is 0.547. The van der Waals surface area contributed by atoms with E-state index in [0.29, 0.717) is 17.8 Å². The van der Waals surface area contributed by atoms with E-state index >= 15 is 0 Å². The van der Waals surface area contributed by atoms with Crippen molar-refractivity contribution < 1.29 is 8.78 Å². The van der Waals surface area contributed by atoms with Crippen molar-refractivity contribution in [3.8, 4) is 0 Å². The molecule has 18 heavy (non-hydrogen) atoms. The van der Waals surface area contributed by atoms with E-state index in [2.05, 4.69) is 5.10 Å². The van der Waals surface area contributed by atoms with Gasteiger partial charge in [-0.2, -0.15) is 5.10 Å². The van der Waals surface area contributed by atoms with E-state index in [9.17, 15) is 8.78 Å². The van der Waals surface area contributed by atoms with Gasteiger partial charge in [0.15, 0.2) is 0 Å². The van der Waals surface area contributed by atoms with Crippen LogP contribution < -0.4 is 5.73 Å². The Kier molecular flexibility index (Phi) is 3.43. The van der Waals surface area contributed by atoms with E-state index in [1.807, 2.05) is 6.92 Å². The molecule has 0 radical (unpaired) electrons. The van der Waals surface area contributed by atoms with Crippen LogP contribution in [0.3, 0.4) is 0 Å². The van der Waals surface area contributed by atoms with Crippen molar-refractivity contribution in [3.05, 3.63) is 52.9 Å². The fourth-order valence-corrected chi connectivity index (χ4v) is 1.95. The molecule has 1 heterocycles. The highest BCUT2D eigenvalue weighted by atomic mass is 19.1. The maximum Gasteiger partial charge on any atom is 0.131 e. The van der Waals surface area contributed by atoms with Gasteiger partial charge in [-0.25, -0.2) is 8.78 Å². The highest BCUT2D eigenvalue weighted by Gasteiger charge is 2.18. The summed E-state index contributed by atoms with van der Waals surface area (Å²) < 4.78 is 28.7. The highest BCUT2D eigenvalue weighted by Crippen LogP contribution is 2.24. The van der Waals surface area contributed by atoms with Crippen LogP contribution in [0, 0.1) is 18.6 Å². The highest BCUT2D eigenvalue weighted by molar-refractivity contribution is 5.32. The first-order valence-electron chi connectivity index (χ1n) is 5.77. The number of hydrogen-bond acceptors (Lipinski definition) is 2. The van der Waals surface area contributed by atoms with Gasteiger partial charge in [0.05, 0.1) is 11.7 Å². The van der Waals surface area contributed by atoms with Crippen molar-refractivity contribution in [1.82, 2.24) is 9.78 Å². The van der Waals surface area contributed by atoms with Crippen LogP contribution in [0.5, 0.6) is 0 Å². The molecule has 0 spiro atoms. The summed E-state index contributed by atoms with van der Waals surface area (Å²) in [6.45, 7) is 4.16. The minimum atomic E-state index is -0.647. The molecule has 0 aliphatic carbocycles. The molecule has 1 unspecified atom stereocenters. The van der Waals surface area contributed by atoms with Crippen molar-refractivity contribution in [1.29, 1.82) is 0 Å². The second-order valence-corrected chi connectivity index (χ2v) is 4.17. The number of rotatable bonds is 3. The zero-order valence-electron chi connectivity index (χ0n) is 10.3. The second kappa shape index (κ2) is 4.86. The van der Waals surface area contributed by atoms with Gasteiger partial charge in [0, 0.05) is 24.4 Å². The molecule has 0 aliphatic heterocycles. The smallest absolute Gasteiger partial charge is 0.131 e. The lowest BCUT2D eigenvalue weighted by atomic mass is 10.0. The van der Waals surface area contributed by atoms with Crippen LogP contribution in [-0.2, 0) is 6.54 Å². The summed E-state index contributed by atoms with van der Waals surface area (Å²) in [6.07, 6.45) is 1.62. The molecule has 3 nitrogen and oxygen atoms in total. The van der Waals surface area contributed by atoms with Crippen LogP contribution in [0.25, 0.3) is 0 Å². The molecule has 1 aromatic carbocycles. The molecule has 1 aromatic heterocycles. The Morgan fingerprint density at radius 2 is 2.06 bits per heavy atom. The van der Waals surface area contributed by atoms with Gasteiger partial charge >= 0.3 is 0 Å². The summed E-state index contributed by atoms with van der Waals surface area (Å²) in [6, 6.07) is 3.41. The lowest BCUT2D eigenvalue weighted by Gasteiger charge is -2.15. The Morgan fingerprint density at radius 1 is 1.33 bits per heavy atom. The first-order valence-corrected chi connectivity index (χ1v) is 5.77. The molecule has 0 amide bonds. The van der Waals surface area contributed by atoms with Crippen LogP contribution in [0.1, 0.15) is 29.8 Å². The third kappa shape index (κ3) is 2.13. The quantitative estimate of drug-likeness (QED) is 0.911. The average molecular weight is 251 g/mol. The number of nitrogens with zero attached hydrogens (tertiary/aromatic N) is 2. The molecular weight excluding hydrogens is 236 g/mol. The molecular formula is C13H15F2N3. The van der Waals surface area contributed by atoms with E-state index in [0.717, 1.165) is 6.07 Å². The summed E-state index contributed by atoms with van der Waals surface area (Å²) in [7, 11) is 0. The standard InChI is InChI=1S/C13H15F2N3/c1-3-18-12(4-5-17-18)13(16)9-6-8(2)10(14)7-11(9)15/h4-7,13H,3,16H2,1-2H3. The van der Waals surface area contributed by atoms with Gasteiger partial charge in [0.2, 0.25) is 0 Å². The molecule has 96 valence electrons. The predicted molar refractivity (Wildman–Crippen MR) is 65.0 cm³/mol. The molecule has 0 fully saturated rings. The Bertz CT molecular complexity index is 563. The summed E-state index contributed by atoms with van der Waals surface area (Å²) >= 11 is 0. The first-order chi connectivity index (χ1) is 8.54. The summed E-state index contributed by atoms with van der Waals surface area (Å²) in [5.41, 5.74) is 7.40. The Labute approximate surface area is 104 Å². The normalized spacial score (nSPS) is 12.7. The van der Waals surface area contributed by atoms with Crippen LogP contribution in [0.4, 0.5) is 8.78 Å². The largest absolute Gasteiger partial charge is 0.319 e. The van der Waals surface area contributed by atoms with Gasteiger partial charge < -0.3 is 5.73 Å². The molecule has 0 saturated carbocycles. The van der Waals surface area contributed by atoms with E-state index in [1.54, 1.807) is 23.9 Å². The monoisotopic (exact) mass is 251 g/mol. The summed E-state index contributed by atoms with van der Waals surface area (Å²) in [5, 5.41) is 4.09. The van der Waals surface area contributed by atoms with Crippen LogP contribution in [0.2, 0.25) is 0 Å². The molecule has 1 atom stereocenters. The second-order valence-electron chi connectivity index (χ2n) is 4.17. The van der Waals surface area contributed by atoms with E-state index in [4.69, 9.17) is 5.73 Å². The van der Waals surface area contributed by atoms with Gasteiger partial charge in [0.25, 0.3) is 0 Å². The van der Waals surface area contributed by atoms with Crippen molar-refractivity contribution in [2.45, 2.75) is 26.4 Å². The summed E-state index contributed by atoms with van der Waals surface area (Å²) in [4.78, 5) is 0. The molecule has 0 bridgehead atoms. The van der Waals surface area contributed by atoms with Crippen molar-refractivity contribution in [2.24, 2.45) is 5.73 Å². The Morgan fingerprint density at radius 3 is 2.72 bits per heavy atom. The molecule has 0 aliphatic rings. The average Bonchev–Trinajstić information content (AvgIpc) is 2.81. The molecule has 0 saturated heterocycles. The number of halogens is 2. The number of nitrogens with two attached hydrogens (primary N) is 1. The zero-order chi connectivity index (χ0) is 13.3. The van der Waals surface area contributed by atoms with Crippen molar-refractivity contribution >= 4 is 0 Å². The van der Waals surface area contributed by atoms with E-state index in [1.165, 1.54) is 6.07 Å². The zero-order valence-corrected chi connectivity index (χ0v) is 10.3. The number of hydrogen-bond donors (Lipinski definition) is 1. The fraction of sp³-hybridized carbons (Fsp3) is 0.308. The van der Waals surface area contributed by atoms with E-state index < -0.39 is 17.7 Å². The fourth-order valence-electron chi connectivity index (χ4n) is 1.95. The van der Waals surface area contributed by atoms with Gasteiger partial charge in [-0.1, -0.05) is 0 Å². The van der Waals surface area contributed by atoms with Gasteiger partial charge in [0.1, 0.15) is 11.6 Å². The third-order valence-corrected chi connectivity index (χ3v) is 2.98. The minimum Gasteiger partial charge on any atom is -0.319 e. The minimum absolute atomic E-state index is 0.282. The van der Waals surface area contributed by atoms with E-state index in [-0.39, 0.29) is 5.56 Å². The molecule has 5 heteroatoms. The maximum atomic E-state index is 13.8. The number of benzene rings is 1. The van der Waals surface area contributed by atoms with Crippen LogP contribution in [0.15, 0.2) is 24.4 Å². The SMILES string of the molecule is CCn1nccc1C(N)c1cc(C)c(F)cc1F. The van der Waals surface area contributed by atoms with Gasteiger partial charge in [-0.3, -0.25) is 4.68 Å². The third-order valence-electron chi connectivity index (χ3n) is 2.98.